The van der Waals surface area contributed by atoms with Gasteiger partial charge in [-0.25, -0.2) is 0 Å². The minimum atomic E-state index is -0.0444. The lowest BCUT2D eigenvalue weighted by atomic mass is 10.1. The number of piperidine rings is 1. The summed E-state index contributed by atoms with van der Waals surface area (Å²) < 4.78 is 0.958. The van der Waals surface area contributed by atoms with Gasteiger partial charge in [0.05, 0.1) is 5.02 Å². The van der Waals surface area contributed by atoms with Gasteiger partial charge in [-0.15, -0.1) is 0 Å². The molecule has 1 saturated heterocycles. The number of halogens is 2. The molecule has 1 aliphatic heterocycles. The van der Waals surface area contributed by atoms with Gasteiger partial charge in [-0.05, 0) is 60.2 Å². The van der Waals surface area contributed by atoms with E-state index in [9.17, 15) is 4.79 Å². The summed E-state index contributed by atoms with van der Waals surface area (Å²) in [4.78, 5) is 12.0. The van der Waals surface area contributed by atoms with Crippen molar-refractivity contribution in [2.75, 3.05) is 13.1 Å². The fraction of sp³-hybridized carbons (Fsp3) is 0.417. The predicted octanol–water partition coefficient (Wildman–Crippen LogP) is 2.43. The molecule has 0 saturated carbocycles. The molecule has 0 spiro atoms. The second kappa shape index (κ2) is 6.02. The van der Waals surface area contributed by atoms with E-state index in [4.69, 9.17) is 11.6 Å². The van der Waals surface area contributed by atoms with Crippen LogP contribution in [-0.2, 0) is 0 Å². The summed E-state index contributed by atoms with van der Waals surface area (Å²) in [6.07, 6.45) is 2.15. The highest BCUT2D eigenvalue weighted by Crippen LogP contribution is 2.19. The molecule has 1 aromatic carbocycles. The first-order valence-corrected chi connectivity index (χ1v) is 7.09. The van der Waals surface area contributed by atoms with E-state index in [-0.39, 0.29) is 11.9 Å². The molecule has 2 rings (SSSR count). The third kappa shape index (κ3) is 3.56. The summed E-state index contributed by atoms with van der Waals surface area (Å²) in [6, 6.07) is 5.61. The van der Waals surface area contributed by atoms with E-state index in [1.54, 1.807) is 12.1 Å². The Morgan fingerprint density at radius 3 is 3.00 bits per heavy atom. The highest BCUT2D eigenvalue weighted by atomic mass is 127. The molecule has 0 bridgehead atoms. The van der Waals surface area contributed by atoms with Crippen molar-refractivity contribution in [2.45, 2.75) is 18.9 Å². The van der Waals surface area contributed by atoms with Crippen molar-refractivity contribution in [1.29, 1.82) is 0 Å². The predicted molar refractivity (Wildman–Crippen MR) is 77.5 cm³/mol. The molecule has 17 heavy (non-hydrogen) atoms. The quantitative estimate of drug-likeness (QED) is 0.792. The molecule has 3 nitrogen and oxygen atoms in total. The summed E-state index contributed by atoms with van der Waals surface area (Å²) in [5.74, 6) is -0.0444. The number of carbonyl (C=O) groups is 1. The van der Waals surface area contributed by atoms with Gasteiger partial charge in [0, 0.05) is 21.7 Å². The van der Waals surface area contributed by atoms with Gasteiger partial charge < -0.3 is 10.6 Å². The minimum absolute atomic E-state index is 0.0444. The Kier molecular flexibility index (Phi) is 4.64. The molecular weight excluding hydrogens is 351 g/mol. The Labute approximate surface area is 119 Å². The number of rotatable bonds is 2. The van der Waals surface area contributed by atoms with Crippen molar-refractivity contribution in [3.63, 3.8) is 0 Å². The van der Waals surface area contributed by atoms with Crippen LogP contribution in [-0.4, -0.2) is 25.0 Å². The zero-order valence-corrected chi connectivity index (χ0v) is 12.2. The lowest BCUT2D eigenvalue weighted by Crippen LogP contribution is -2.45. The molecule has 0 unspecified atom stereocenters. The molecule has 0 aromatic heterocycles. The number of amides is 1. The summed E-state index contributed by atoms with van der Waals surface area (Å²) in [5, 5.41) is 6.91. The molecule has 1 atom stereocenters. The normalized spacial score (nSPS) is 20.0. The van der Waals surface area contributed by atoms with Crippen LogP contribution in [0.4, 0.5) is 0 Å². The zero-order valence-electron chi connectivity index (χ0n) is 9.30. The zero-order chi connectivity index (χ0) is 12.3. The Morgan fingerprint density at radius 1 is 1.53 bits per heavy atom. The van der Waals surface area contributed by atoms with Gasteiger partial charge in [0.1, 0.15) is 0 Å². The monoisotopic (exact) mass is 364 g/mol. The van der Waals surface area contributed by atoms with E-state index in [0.717, 1.165) is 29.5 Å². The van der Waals surface area contributed by atoms with Crippen LogP contribution in [0.5, 0.6) is 0 Å². The fourth-order valence-corrected chi connectivity index (χ4v) is 2.40. The number of carbonyl (C=O) groups excluding carboxylic acids is 1. The Balaban J connectivity index is 2.01. The molecule has 1 aromatic rings. The van der Waals surface area contributed by atoms with Gasteiger partial charge in [0.2, 0.25) is 0 Å². The van der Waals surface area contributed by atoms with Crippen molar-refractivity contribution >= 4 is 40.1 Å². The summed E-state index contributed by atoms with van der Waals surface area (Å²) in [5.41, 5.74) is 0.626. The third-order valence-electron chi connectivity index (χ3n) is 2.81. The van der Waals surface area contributed by atoms with Crippen molar-refractivity contribution in [3.05, 3.63) is 32.4 Å². The highest BCUT2D eigenvalue weighted by Gasteiger charge is 2.16. The molecule has 1 amide bonds. The molecule has 1 heterocycles. The average molecular weight is 365 g/mol. The molecule has 1 aliphatic rings. The largest absolute Gasteiger partial charge is 0.348 e. The van der Waals surface area contributed by atoms with Crippen molar-refractivity contribution in [2.24, 2.45) is 0 Å². The van der Waals surface area contributed by atoms with Crippen molar-refractivity contribution in [3.8, 4) is 0 Å². The average Bonchev–Trinajstić information content (AvgIpc) is 2.34. The maximum absolute atomic E-state index is 12.0. The molecule has 0 aliphatic carbocycles. The minimum Gasteiger partial charge on any atom is -0.348 e. The molecule has 0 radical (unpaired) electrons. The molecular formula is C12H14ClIN2O. The smallest absolute Gasteiger partial charge is 0.251 e. The fourth-order valence-electron chi connectivity index (χ4n) is 1.88. The van der Waals surface area contributed by atoms with E-state index in [1.165, 1.54) is 0 Å². The number of hydrogen-bond donors (Lipinski definition) is 2. The standard InChI is InChI=1S/C12H14ClIN2O/c13-10-6-8(3-4-11(10)14)12(17)16-9-2-1-5-15-7-9/h3-4,6,9,15H,1-2,5,7H2,(H,16,17)/t9-/m0/s1. The lowest BCUT2D eigenvalue weighted by Gasteiger charge is -2.23. The topological polar surface area (TPSA) is 41.1 Å². The Hall–Kier alpha value is -0.330. The van der Waals surface area contributed by atoms with Crippen LogP contribution >= 0.6 is 34.2 Å². The molecule has 5 heteroatoms. The first-order chi connectivity index (χ1) is 8.16. The lowest BCUT2D eigenvalue weighted by molar-refractivity contribution is 0.0930. The van der Waals surface area contributed by atoms with Crippen LogP contribution in [0.3, 0.4) is 0 Å². The Morgan fingerprint density at radius 2 is 2.35 bits per heavy atom. The van der Waals surface area contributed by atoms with Gasteiger partial charge in [-0.1, -0.05) is 11.6 Å². The number of nitrogens with one attached hydrogen (secondary N) is 2. The van der Waals surface area contributed by atoms with E-state index in [1.807, 2.05) is 6.07 Å². The summed E-state index contributed by atoms with van der Waals surface area (Å²) >= 11 is 8.15. The molecule has 1 fully saturated rings. The van der Waals surface area contributed by atoms with Crippen LogP contribution in [0.15, 0.2) is 18.2 Å². The number of benzene rings is 1. The van der Waals surface area contributed by atoms with Gasteiger partial charge in [-0.3, -0.25) is 4.79 Å². The van der Waals surface area contributed by atoms with Crippen LogP contribution in [0.25, 0.3) is 0 Å². The molecule has 2 N–H and O–H groups in total. The van der Waals surface area contributed by atoms with Crippen LogP contribution in [0.2, 0.25) is 5.02 Å². The van der Waals surface area contributed by atoms with Gasteiger partial charge in [0.15, 0.2) is 0 Å². The second-order valence-corrected chi connectivity index (χ2v) is 5.72. The number of hydrogen-bond acceptors (Lipinski definition) is 2. The van der Waals surface area contributed by atoms with E-state index in [2.05, 4.69) is 33.2 Å². The second-order valence-electron chi connectivity index (χ2n) is 4.15. The first-order valence-electron chi connectivity index (χ1n) is 5.63. The first kappa shape index (κ1) is 13.1. The van der Waals surface area contributed by atoms with E-state index in [0.29, 0.717) is 10.6 Å². The maximum Gasteiger partial charge on any atom is 0.251 e. The van der Waals surface area contributed by atoms with Crippen LogP contribution < -0.4 is 10.6 Å². The summed E-state index contributed by atoms with van der Waals surface area (Å²) in [6.45, 7) is 1.89. The third-order valence-corrected chi connectivity index (χ3v) is 4.39. The van der Waals surface area contributed by atoms with Gasteiger partial charge in [0.25, 0.3) is 5.91 Å². The van der Waals surface area contributed by atoms with Crippen LogP contribution in [0.1, 0.15) is 23.2 Å². The highest BCUT2D eigenvalue weighted by molar-refractivity contribution is 14.1. The van der Waals surface area contributed by atoms with E-state index < -0.39 is 0 Å². The molecule has 92 valence electrons. The van der Waals surface area contributed by atoms with Gasteiger partial charge >= 0.3 is 0 Å². The Bertz CT molecular complexity index is 419. The summed E-state index contributed by atoms with van der Waals surface area (Å²) in [7, 11) is 0. The van der Waals surface area contributed by atoms with Crippen molar-refractivity contribution < 1.29 is 4.79 Å². The maximum atomic E-state index is 12.0. The van der Waals surface area contributed by atoms with E-state index >= 15 is 0 Å². The SMILES string of the molecule is O=C(N[C@H]1CCCNC1)c1ccc(I)c(Cl)c1. The van der Waals surface area contributed by atoms with Crippen molar-refractivity contribution in [1.82, 2.24) is 10.6 Å². The van der Waals surface area contributed by atoms with Crippen LogP contribution in [0, 0.1) is 3.57 Å². The van der Waals surface area contributed by atoms with Gasteiger partial charge in [-0.2, -0.15) is 0 Å².